The highest BCUT2D eigenvalue weighted by atomic mass is 16.4. The number of carboxylic acids is 1. The number of benzene rings is 1. The predicted octanol–water partition coefficient (Wildman–Crippen LogP) is 1.91. The monoisotopic (exact) mass is 270 g/mol. The molecule has 1 heterocycles. The number of rotatable bonds is 5. The van der Waals surface area contributed by atoms with E-state index in [2.05, 4.69) is 4.98 Å². The molecule has 104 valence electrons. The molecule has 4 heteroatoms. The topological polar surface area (TPSA) is 76.2 Å². The Morgan fingerprint density at radius 2 is 2.00 bits per heavy atom. The molecule has 0 spiro atoms. The minimum atomic E-state index is -1.10. The molecule has 1 unspecified atom stereocenters. The van der Waals surface area contributed by atoms with E-state index in [1.165, 1.54) is 0 Å². The van der Waals surface area contributed by atoms with Crippen molar-refractivity contribution >= 4 is 5.97 Å². The first-order valence-corrected chi connectivity index (χ1v) is 6.48. The van der Waals surface area contributed by atoms with E-state index < -0.39 is 11.4 Å². The van der Waals surface area contributed by atoms with Gasteiger partial charge in [0, 0.05) is 18.9 Å². The minimum Gasteiger partial charge on any atom is -0.481 e. The fourth-order valence-corrected chi connectivity index (χ4v) is 2.37. The molecule has 2 rings (SSSR count). The lowest BCUT2D eigenvalue weighted by molar-refractivity contribution is -0.143. The third kappa shape index (κ3) is 2.70. The molecule has 0 aliphatic carbocycles. The number of carboxylic acid groups (broad SMARTS) is 1. The fraction of sp³-hybridized carbons (Fsp3) is 0.250. The van der Waals surface area contributed by atoms with Crippen molar-refractivity contribution in [1.29, 1.82) is 0 Å². The minimum absolute atomic E-state index is 0.0497. The van der Waals surface area contributed by atoms with Crippen molar-refractivity contribution in [3.8, 4) is 0 Å². The summed E-state index contributed by atoms with van der Waals surface area (Å²) in [7, 11) is 0. The van der Waals surface area contributed by atoms with Gasteiger partial charge in [0.15, 0.2) is 0 Å². The van der Waals surface area contributed by atoms with Crippen molar-refractivity contribution < 1.29 is 9.90 Å². The van der Waals surface area contributed by atoms with Crippen LogP contribution in [0.4, 0.5) is 0 Å². The zero-order valence-electron chi connectivity index (χ0n) is 11.4. The molecule has 1 aromatic heterocycles. The van der Waals surface area contributed by atoms with Gasteiger partial charge in [0.1, 0.15) is 5.41 Å². The van der Waals surface area contributed by atoms with Crippen LogP contribution in [0, 0.1) is 6.92 Å². The van der Waals surface area contributed by atoms with E-state index in [-0.39, 0.29) is 6.54 Å². The molecule has 0 fully saturated rings. The summed E-state index contributed by atoms with van der Waals surface area (Å²) in [5, 5.41) is 9.73. The van der Waals surface area contributed by atoms with E-state index >= 15 is 0 Å². The van der Waals surface area contributed by atoms with Crippen molar-refractivity contribution in [2.75, 3.05) is 6.54 Å². The van der Waals surface area contributed by atoms with Crippen LogP contribution in [0.15, 0.2) is 48.8 Å². The first-order valence-electron chi connectivity index (χ1n) is 6.48. The maximum atomic E-state index is 11.9. The highest BCUT2D eigenvalue weighted by Crippen LogP contribution is 2.29. The number of hydrogen-bond acceptors (Lipinski definition) is 3. The van der Waals surface area contributed by atoms with Crippen LogP contribution in [0.3, 0.4) is 0 Å². The van der Waals surface area contributed by atoms with E-state index in [9.17, 15) is 9.90 Å². The lowest BCUT2D eigenvalue weighted by atomic mass is 9.75. The Bertz CT molecular complexity index is 598. The maximum absolute atomic E-state index is 11.9. The lowest BCUT2D eigenvalue weighted by Gasteiger charge is -2.29. The zero-order chi connectivity index (χ0) is 14.6. The Balaban J connectivity index is 2.48. The van der Waals surface area contributed by atoms with Gasteiger partial charge in [0.2, 0.25) is 0 Å². The Morgan fingerprint density at radius 1 is 1.30 bits per heavy atom. The number of pyridine rings is 1. The van der Waals surface area contributed by atoms with E-state index in [0.29, 0.717) is 6.42 Å². The normalized spacial score (nSPS) is 13.7. The van der Waals surface area contributed by atoms with E-state index in [0.717, 1.165) is 16.7 Å². The summed E-state index contributed by atoms with van der Waals surface area (Å²) in [6.45, 7) is 1.99. The second-order valence-electron chi connectivity index (χ2n) is 4.99. The molecule has 0 saturated carbocycles. The summed E-state index contributed by atoms with van der Waals surface area (Å²) in [6, 6.07) is 11.2. The Labute approximate surface area is 118 Å². The Hall–Kier alpha value is -2.20. The van der Waals surface area contributed by atoms with Crippen LogP contribution in [0.5, 0.6) is 0 Å². The van der Waals surface area contributed by atoms with E-state index in [1.807, 2.05) is 43.3 Å². The van der Waals surface area contributed by atoms with Crippen LogP contribution in [-0.4, -0.2) is 22.6 Å². The summed E-state index contributed by atoms with van der Waals surface area (Å²) in [6.07, 6.45) is 3.67. The molecule has 0 radical (unpaired) electrons. The molecule has 1 atom stereocenters. The largest absolute Gasteiger partial charge is 0.481 e. The van der Waals surface area contributed by atoms with Gasteiger partial charge >= 0.3 is 5.97 Å². The molecule has 3 N–H and O–H groups in total. The van der Waals surface area contributed by atoms with Crippen LogP contribution >= 0.6 is 0 Å². The first kappa shape index (κ1) is 14.2. The number of aryl methyl sites for hydroxylation is 1. The standard InChI is InChI=1S/C16H18N2O2/c1-12-3-2-4-14(9-12)16(11-17,15(19)20)10-13-5-7-18-8-6-13/h2-9H,10-11,17H2,1H3,(H,19,20). The molecular weight excluding hydrogens is 252 g/mol. The van der Waals surface area contributed by atoms with Gasteiger partial charge in [-0.1, -0.05) is 29.8 Å². The molecule has 20 heavy (non-hydrogen) atoms. The number of nitrogens with zero attached hydrogens (tertiary/aromatic N) is 1. The van der Waals surface area contributed by atoms with Crippen LogP contribution < -0.4 is 5.73 Å². The van der Waals surface area contributed by atoms with Gasteiger partial charge in [0.25, 0.3) is 0 Å². The molecular formula is C16H18N2O2. The maximum Gasteiger partial charge on any atom is 0.315 e. The number of aliphatic carboxylic acids is 1. The highest BCUT2D eigenvalue weighted by Gasteiger charge is 2.39. The average molecular weight is 270 g/mol. The van der Waals surface area contributed by atoms with Crippen LogP contribution in [0.1, 0.15) is 16.7 Å². The zero-order valence-corrected chi connectivity index (χ0v) is 11.4. The highest BCUT2D eigenvalue weighted by molar-refractivity contribution is 5.82. The second kappa shape index (κ2) is 5.84. The number of nitrogens with two attached hydrogens (primary N) is 1. The number of carbonyl (C=O) groups is 1. The van der Waals surface area contributed by atoms with Gasteiger partial charge in [-0.3, -0.25) is 9.78 Å². The third-order valence-corrected chi connectivity index (χ3v) is 3.58. The van der Waals surface area contributed by atoms with E-state index in [4.69, 9.17) is 5.73 Å². The summed E-state index contributed by atoms with van der Waals surface area (Å²) >= 11 is 0. The summed E-state index contributed by atoms with van der Waals surface area (Å²) < 4.78 is 0. The van der Waals surface area contributed by atoms with Gasteiger partial charge in [-0.25, -0.2) is 0 Å². The van der Waals surface area contributed by atoms with Crippen LogP contribution in [0.2, 0.25) is 0 Å². The fourth-order valence-electron chi connectivity index (χ4n) is 2.37. The van der Waals surface area contributed by atoms with Gasteiger partial charge in [0.05, 0.1) is 0 Å². The predicted molar refractivity (Wildman–Crippen MR) is 77.5 cm³/mol. The van der Waals surface area contributed by atoms with Gasteiger partial charge in [-0.2, -0.15) is 0 Å². The van der Waals surface area contributed by atoms with Gasteiger partial charge < -0.3 is 10.8 Å². The van der Waals surface area contributed by atoms with Crippen LogP contribution in [0.25, 0.3) is 0 Å². The number of aromatic nitrogens is 1. The molecule has 1 aromatic carbocycles. The van der Waals surface area contributed by atoms with Gasteiger partial charge in [-0.05, 0) is 36.6 Å². The third-order valence-electron chi connectivity index (χ3n) is 3.58. The molecule has 2 aromatic rings. The quantitative estimate of drug-likeness (QED) is 0.870. The summed E-state index contributed by atoms with van der Waals surface area (Å²) in [4.78, 5) is 15.8. The SMILES string of the molecule is Cc1cccc(C(CN)(Cc2ccncc2)C(=O)O)c1. The van der Waals surface area contributed by atoms with Crippen molar-refractivity contribution in [1.82, 2.24) is 4.98 Å². The Kier molecular flexibility index (Phi) is 4.15. The lowest BCUT2D eigenvalue weighted by Crippen LogP contribution is -2.45. The van der Waals surface area contributed by atoms with E-state index in [1.54, 1.807) is 12.4 Å². The molecule has 0 aliphatic heterocycles. The van der Waals surface area contributed by atoms with Gasteiger partial charge in [-0.15, -0.1) is 0 Å². The van der Waals surface area contributed by atoms with Crippen molar-refractivity contribution in [3.63, 3.8) is 0 Å². The number of hydrogen-bond donors (Lipinski definition) is 2. The summed E-state index contributed by atoms with van der Waals surface area (Å²) in [5.41, 5.74) is 7.41. The summed E-state index contributed by atoms with van der Waals surface area (Å²) in [5.74, 6) is -0.901. The second-order valence-corrected chi connectivity index (χ2v) is 4.99. The molecule has 0 saturated heterocycles. The smallest absolute Gasteiger partial charge is 0.315 e. The Morgan fingerprint density at radius 3 is 2.55 bits per heavy atom. The molecule has 4 nitrogen and oxygen atoms in total. The molecule has 0 bridgehead atoms. The van der Waals surface area contributed by atoms with Crippen molar-refractivity contribution in [2.45, 2.75) is 18.8 Å². The van der Waals surface area contributed by atoms with Crippen molar-refractivity contribution in [3.05, 3.63) is 65.5 Å². The van der Waals surface area contributed by atoms with Crippen LogP contribution in [-0.2, 0) is 16.6 Å². The molecule has 0 amide bonds. The average Bonchev–Trinajstić information content (AvgIpc) is 2.45. The molecule has 0 aliphatic rings. The first-order chi connectivity index (χ1) is 9.58. The van der Waals surface area contributed by atoms with Crippen molar-refractivity contribution in [2.24, 2.45) is 5.73 Å².